The highest BCUT2D eigenvalue weighted by molar-refractivity contribution is 5.70. The third kappa shape index (κ3) is 6.76. The van der Waals surface area contributed by atoms with E-state index in [4.69, 9.17) is 4.74 Å². The van der Waals surface area contributed by atoms with Gasteiger partial charge in [-0.2, -0.15) is 0 Å². The lowest BCUT2D eigenvalue weighted by molar-refractivity contribution is -0.155. The predicted octanol–water partition coefficient (Wildman–Crippen LogP) is 4.09. The number of benzene rings is 1. The highest BCUT2D eigenvalue weighted by atomic mass is 16.6. The summed E-state index contributed by atoms with van der Waals surface area (Å²) in [7, 11) is 0. The zero-order chi connectivity index (χ0) is 16.0. The Morgan fingerprint density at radius 1 is 1.14 bits per heavy atom. The number of carbonyl (C=O) groups is 1. The molecule has 1 N–H and O–H groups in total. The van der Waals surface area contributed by atoms with Crippen LogP contribution >= 0.6 is 0 Å². The van der Waals surface area contributed by atoms with Crippen LogP contribution in [0.3, 0.4) is 0 Å². The van der Waals surface area contributed by atoms with Crippen molar-refractivity contribution in [3.8, 4) is 0 Å². The molecule has 0 aliphatic heterocycles. The van der Waals surface area contributed by atoms with Gasteiger partial charge in [-0.05, 0) is 39.2 Å². The van der Waals surface area contributed by atoms with E-state index in [2.05, 4.69) is 38.2 Å². The van der Waals surface area contributed by atoms with Gasteiger partial charge in [0.25, 0.3) is 0 Å². The molecule has 21 heavy (non-hydrogen) atoms. The van der Waals surface area contributed by atoms with Gasteiger partial charge in [-0.15, -0.1) is 0 Å². The number of carbonyl (C=O) groups excluding carboxylic acids is 1. The van der Waals surface area contributed by atoms with Crippen LogP contribution < -0.4 is 5.32 Å². The summed E-state index contributed by atoms with van der Waals surface area (Å²) in [6.45, 7) is 12.1. The average molecular weight is 291 g/mol. The second kappa shape index (κ2) is 7.60. The lowest BCUT2D eigenvalue weighted by Gasteiger charge is -2.28. The molecular weight excluding hydrogens is 262 g/mol. The largest absolute Gasteiger partial charge is 0.460 e. The van der Waals surface area contributed by atoms with Crippen molar-refractivity contribution in [3.05, 3.63) is 35.9 Å². The molecule has 2 atom stereocenters. The molecule has 0 heterocycles. The number of ether oxygens (including phenoxy) is 1. The van der Waals surface area contributed by atoms with Crippen LogP contribution in [-0.4, -0.2) is 17.6 Å². The molecule has 118 valence electrons. The first-order valence-electron chi connectivity index (χ1n) is 7.72. The van der Waals surface area contributed by atoms with Crippen LogP contribution in [0.1, 0.15) is 59.6 Å². The molecule has 0 saturated heterocycles. The van der Waals surface area contributed by atoms with E-state index in [0.717, 1.165) is 0 Å². The maximum Gasteiger partial charge on any atom is 0.307 e. The molecule has 0 aromatic heterocycles. The van der Waals surface area contributed by atoms with Crippen LogP contribution in [-0.2, 0) is 9.53 Å². The fourth-order valence-corrected chi connectivity index (χ4v) is 2.21. The monoisotopic (exact) mass is 291 g/mol. The Bertz CT molecular complexity index is 434. The maximum atomic E-state index is 12.0. The third-order valence-electron chi connectivity index (χ3n) is 3.37. The Labute approximate surface area is 129 Å². The quantitative estimate of drug-likeness (QED) is 0.802. The van der Waals surface area contributed by atoms with E-state index in [9.17, 15) is 4.79 Å². The molecule has 0 fully saturated rings. The second-order valence-corrected chi connectivity index (χ2v) is 6.94. The normalized spacial score (nSPS) is 14.8. The molecule has 0 aliphatic carbocycles. The van der Waals surface area contributed by atoms with Crippen molar-refractivity contribution >= 4 is 5.97 Å². The fourth-order valence-electron chi connectivity index (χ4n) is 2.21. The summed E-state index contributed by atoms with van der Waals surface area (Å²) in [5.74, 6) is 0.220. The third-order valence-corrected chi connectivity index (χ3v) is 3.37. The Morgan fingerprint density at radius 3 is 2.19 bits per heavy atom. The summed E-state index contributed by atoms with van der Waals surface area (Å²) in [6, 6.07) is 10.6. The Kier molecular flexibility index (Phi) is 6.41. The molecule has 0 radical (unpaired) electrons. The zero-order valence-corrected chi connectivity index (χ0v) is 14.1. The lowest BCUT2D eigenvalue weighted by atomic mass is 9.98. The number of hydrogen-bond donors (Lipinski definition) is 1. The first kappa shape index (κ1) is 17.7. The molecule has 0 saturated carbocycles. The van der Waals surface area contributed by atoms with Gasteiger partial charge in [0.2, 0.25) is 0 Å². The SMILES string of the molecule is CC(C)[C@@H](CC(=O)OC(C)(C)C)N[C@@H](C)c1ccccc1. The molecule has 3 nitrogen and oxygen atoms in total. The highest BCUT2D eigenvalue weighted by Gasteiger charge is 2.23. The van der Waals surface area contributed by atoms with Crippen molar-refractivity contribution in [2.24, 2.45) is 5.92 Å². The van der Waals surface area contributed by atoms with Gasteiger partial charge in [0.15, 0.2) is 0 Å². The van der Waals surface area contributed by atoms with Crippen molar-refractivity contribution in [2.45, 2.75) is 65.6 Å². The first-order chi connectivity index (χ1) is 9.69. The van der Waals surface area contributed by atoms with Gasteiger partial charge in [0.1, 0.15) is 5.60 Å². The topological polar surface area (TPSA) is 38.3 Å². The van der Waals surface area contributed by atoms with Crippen molar-refractivity contribution in [3.63, 3.8) is 0 Å². The van der Waals surface area contributed by atoms with Crippen LogP contribution in [0.25, 0.3) is 0 Å². The molecular formula is C18H29NO2. The van der Waals surface area contributed by atoms with Crippen molar-refractivity contribution in [1.82, 2.24) is 5.32 Å². The molecule has 0 amide bonds. The van der Waals surface area contributed by atoms with Crippen LogP contribution in [0.15, 0.2) is 30.3 Å². The van der Waals surface area contributed by atoms with Gasteiger partial charge in [-0.3, -0.25) is 4.79 Å². The van der Waals surface area contributed by atoms with Gasteiger partial charge >= 0.3 is 5.97 Å². The minimum Gasteiger partial charge on any atom is -0.460 e. The van der Waals surface area contributed by atoms with Crippen LogP contribution in [0.4, 0.5) is 0 Å². The molecule has 0 aliphatic rings. The molecule has 0 unspecified atom stereocenters. The molecule has 1 rings (SSSR count). The first-order valence-corrected chi connectivity index (χ1v) is 7.72. The number of nitrogens with one attached hydrogen (secondary N) is 1. The van der Waals surface area contributed by atoms with E-state index in [1.165, 1.54) is 5.56 Å². The number of rotatable bonds is 6. The smallest absolute Gasteiger partial charge is 0.307 e. The minimum absolute atomic E-state index is 0.107. The summed E-state index contributed by atoms with van der Waals surface area (Å²) in [5, 5.41) is 3.55. The van der Waals surface area contributed by atoms with Crippen LogP contribution in [0, 0.1) is 5.92 Å². The number of hydrogen-bond acceptors (Lipinski definition) is 3. The maximum absolute atomic E-state index is 12.0. The molecule has 1 aromatic carbocycles. The minimum atomic E-state index is -0.427. The summed E-state index contributed by atoms with van der Waals surface area (Å²) in [6.07, 6.45) is 0.395. The van der Waals surface area contributed by atoms with Crippen LogP contribution in [0.2, 0.25) is 0 Å². The summed E-state index contributed by atoms with van der Waals surface area (Å²) in [4.78, 5) is 12.0. The second-order valence-electron chi connectivity index (χ2n) is 6.94. The number of esters is 1. The van der Waals surface area contributed by atoms with Crippen molar-refractivity contribution in [2.75, 3.05) is 0 Å². The van der Waals surface area contributed by atoms with E-state index in [0.29, 0.717) is 12.3 Å². The van der Waals surface area contributed by atoms with Crippen molar-refractivity contribution < 1.29 is 9.53 Å². The highest BCUT2D eigenvalue weighted by Crippen LogP contribution is 2.18. The van der Waals surface area contributed by atoms with E-state index in [1.54, 1.807) is 0 Å². The molecule has 0 spiro atoms. The Morgan fingerprint density at radius 2 is 1.71 bits per heavy atom. The summed E-state index contributed by atoms with van der Waals surface area (Å²) < 4.78 is 5.43. The molecule has 1 aromatic rings. The van der Waals surface area contributed by atoms with E-state index in [-0.39, 0.29) is 18.1 Å². The van der Waals surface area contributed by atoms with Gasteiger partial charge in [0.05, 0.1) is 6.42 Å². The lowest BCUT2D eigenvalue weighted by Crippen LogP contribution is -2.39. The van der Waals surface area contributed by atoms with Gasteiger partial charge < -0.3 is 10.1 Å². The fraction of sp³-hybridized carbons (Fsp3) is 0.611. The predicted molar refractivity (Wildman–Crippen MR) is 87.1 cm³/mol. The van der Waals surface area contributed by atoms with Crippen LogP contribution in [0.5, 0.6) is 0 Å². The molecule has 3 heteroatoms. The average Bonchev–Trinajstić information content (AvgIpc) is 2.36. The molecule has 0 bridgehead atoms. The standard InChI is InChI=1S/C18H29NO2/c1-13(2)16(12-17(20)21-18(4,5)6)19-14(3)15-10-8-7-9-11-15/h7-11,13-14,16,19H,12H2,1-6H3/t14-,16+/m0/s1. The Balaban J connectivity index is 2.64. The van der Waals surface area contributed by atoms with E-state index < -0.39 is 5.60 Å². The van der Waals surface area contributed by atoms with Gasteiger partial charge in [-0.1, -0.05) is 44.2 Å². The van der Waals surface area contributed by atoms with E-state index >= 15 is 0 Å². The van der Waals surface area contributed by atoms with E-state index in [1.807, 2.05) is 39.0 Å². The summed E-state index contributed by atoms with van der Waals surface area (Å²) >= 11 is 0. The zero-order valence-electron chi connectivity index (χ0n) is 14.1. The van der Waals surface area contributed by atoms with Gasteiger partial charge in [0, 0.05) is 12.1 Å². The van der Waals surface area contributed by atoms with Crippen molar-refractivity contribution in [1.29, 1.82) is 0 Å². The Hall–Kier alpha value is -1.35. The summed E-state index contributed by atoms with van der Waals surface area (Å²) in [5.41, 5.74) is 0.802. The van der Waals surface area contributed by atoms with Gasteiger partial charge in [-0.25, -0.2) is 0 Å².